The molecular formula is C32H54NO10P. The molecule has 11 nitrogen and oxygen atoms in total. The van der Waals surface area contributed by atoms with Gasteiger partial charge in [-0.3, -0.25) is 13.9 Å². The number of aliphatic hydroxyl groups excluding tert-OH is 2. The van der Waals surface area contributed by atoms with E-state index in [1.54, 1.807) is 12.1 Å². The number of unbranched alkanes of at least 4 members (excludes halogenated alkanes) is 3. The Hall–Kier alpha value is -1.56. The number of carbonyl (C=O) groups excluding carboxylic acids is 1. The van der Waals surface area contributed by atoms with Gasteiger partial charge in [-0.15, -0.1) is 0 Å². The Morgan fingerprint density at radius 3 is 2.57 bits per heavy atom. The number of hydrogen-bond donors (Lipinski definition) is 3. The topological polar surface area (TPSA) is 155 Å². The van der Waals surface area contributed by atoms with Crippen molar-refractivity contribution in [2.45, 2.75) is 115 Å². The number of nitrogens with zero attached hydrogens (tertiary/aromatic N) is 1. The molecule has 3 rings (SSSR count). The number of phosphoric ester groups is 1. The summed E-state index contributed by atoms with van der Waals surface area (Å²) in [5.41, 5.74) is 1.03. The molecule has 7 atom stereocenters. The third kappa shape index (κ3) is 13.4. The summed E-state index contributed by atoms with van der Waals surface area (Å²) in [7, 11) is -0.715. The normalized spacial score (nSPS) is 25.4. The van der Waals surface area contributed by atoms with Crippen LogP contribution in [0, 0.1) is 11.8 Å². The van der Waals surface area contributed by atoms with Crippen molar-refractivity contribution in [3.05, 3.63) is 29.8 Å². The minimum atomic E-state index is -4.82. The van der Waals surface area contributed by atoms with E-state index >= 15 is 0 Å². The van der Waals surface area contributed by atoms with Gasteiger partial charge in [-0.25, -0.2) is 0 Å². The predicted octanol–water partition coefficient (Wildman–Crippen LogP) is 4.06. The predicted molar refractivity (Wildman–Crippen MR) is 163 cm³/mol. The standard InChI is InChI=1S/C32H54NO10P/c1-4-5-6-9-25(34)14-17-28-29-20-27(43-31(29)21-30(28)35)10-7-8-11-32(36)40-19-18-33(2,3)22-24-12-15-26(16-13-24)41-23-42-44(37,38)39/h12-13,15-16,25,27-31,34-35H,4-11,14,17-23H2,1-3H3,(H-,37,38,39)/t25-,27+,28+,29+,30+,31-/m0/s1. The van der Waals surface area contributed by atoms with Gasteiger partial charge in [0, 0.05) is 18.4 Å². The molecule has 1 aliphatic carbocycles. The second-order valence-corrected chi connectivity index (χ2v) is 14.4. The Morgan fingerprint density at radius 1 is 1.11 bits per heavy atom. The number of rotatable bonds is 21. The zero-order valence-corrected chi connectivity index (χ0v) is 27.6. The molecule has 252 valence electrons. The third-order valence-corrected chi connectivity index (χ3v) is 9.40. The molecule has 1 aromatic rings. The van der Waals surface area contributed by atoms with E-state index in [4.69, 9.17) is 19.1 Å². The highest BCUT2D eigenvalue weighted by atomic mass is 31.2. The maximum absolute atomic E-state index is 12.3. The van der Waals surface area contributed by atoms with E-state index in [-0.39, 0.29) is 36.3 Å². The van der Waals surface area contributed by atoms with Crippen molar-refractivity contribution >= 4 is 13.8 Å². The number of aliphatic hydroxyl groups is 2. The molecule has 0 bridgehead atoms. The van der Waals surface area contributed by atoms with Gasteiger partial charge in [-0.1, -0.05) is 32.6 Å². The molecule has 3 N–H and O–H groups in total. The van der Waals surface area contributed by atoms with Crippen LogP contribution in [0.3, 0.4) is 0 Å². The fourth-order valence-electron chi connectivity index (χ4n) is 6.54. The minimum Gasteiger partial charge on any atom is -0.756 e. The molecule has 1 unspecified atom stereocenters. The van der Waals surface area contributed by atoms with Gasteiger partial charge >= 0.3 is 5.97 Å². The lowest BCUT2D eigenvalue weighted by Gasteiger charge is -2.29. The summed E-state index contributed by atoms with van der Waals surface area (Å²) in [5, 5.41) is 20.9. The number of carbonyl (C=O) groups is 1. The fourth-order valence-corrected chi connectivity index (χ4v) is 6.72. The third-order valence-electron chi connectivity index (χ3n) is 8.96. The number of phosphoric acid groups is 1. The first-order valence-corrected chi connectivity index (χ1v) is 17.7. The fraction of sp³-hybridized carbons (Fsp3) is 0.781. The SMILES string of the molecule is CCCCC[C@H](O)CC[C@@H]1[C@H]2C[C@@H](CCCCC(=O)OCC[N+](C)(C)Cc3ccc(OCOP(=O)([O-])O)cc3)O[C@H]2C[C@H]1O. The average molecular weight is 644 g/mol. The zero-order chi connectivity index (χ0) is 32.2. The van der Waals surface area contributed by atoms with Crippen molar-refractivity contribution in [1.82, 2.24) is 0 Å². The van der Waals surface area contributed by atoms with Gasteiger partial charge in [0.15, 0.2) is 6.79 Å². The molecule has 12 heteroatoms. The summed E-state index contributed by atoms with van der Waals surface area (Å²) >= 11 is 0. The first-order valence-electron chi connectivity index (χ1n) is 16.2. The summed E-state index contributed by atoms with van der Waals surface area (Å²) < 4.78 is 32.3. The molecule has 2 fully saturated rings. The Kier molecular flexibility index (Phi) is 15.1. The van der Waals surface area contributed by atoms with Gasteiger partial charge in [0.05, 0.1) is 38.5 Å². The highest BCUT2D eigenvalue weighted by molar-refractivity contribution is 7.44. The lowest BCUT2D eigenvalue weighted by molar-refractivity contribution is -0.903. The van der Waals surface area contributed by atoms with Gasteiger partial charge in [0.1, 0.15) is 25.4 Å². The van der Waals surface area contributed by atoms with Gasteiger partial charge in [0.2, 0.25) is 0 Å². The van der Waals surface area contributed by atoms with Crippen molar-refractivity contribution in [3.8, 4) is 5.75 Å². The van der Waals surface area contributed by atoms with Crippen LogP contribution in [0.5, 0.6) is 5.75 Å². The molecule has 1 saturated heterocycles. The second-order valence-electron chi connectivity index (χ2n) is 13.2. The molecule has 0 aromatic heterocycles. The largest absolute Gasteiger partial charge is 0.756 e. The van der Waals surface area contributed by atoms with Crippen LogP contribution in [0.1, 0.15) is 89.5 Å². The Labute approximate surface area is 262 Å². The van der Waals surface area contributed by atoms with Crippen molar-refractivity contribution in [3.63, 3.8) is 0 Å². The summed E-state index contributed by atoms with van der Waals surface area (Å²) in [6.45, 7) is 3.23. The van der Waals surface area contributed by atoms with Crippen LogP contribution in [0.15, 0.2) is 24.3 Å². The summed E-state index contributed by atoms with van der Waals surface area (Å²) in [4.78, 5) is 31.5. The quantitative estimate of drug-likeness (QED) is 0.0588. The number of benzene rings is 1. The number of quaternary nitrogens is 1. The molecule has 0 radical (unpaired) electrons. The van der Waals surface area contributed by atoms with Crippen molar-refractivity contribution in [2.75, 3.05) is 34.0 Å². The van der Waals surface area contributed by atoms with E-state index in [1.165, 1.54) is 0 Å². The number of fused-ring (bicyclic) bond motifs is 1. The Balaban J connectivity index is 1.26. The van der Waals surface area contributed by atoms with Gasteiger partial charge < -0.3 is 38.7 Å². The summed E-state index contributed by atoms with van der Waals surface area (Å²) in [5.74, 6) is 0.793. The smallest absolute Gasteiger partial charge is 0.305 e. The van der Waals surface area contributed by atoms with Crippen LogP contribution in [-0.2, 0) is 29.9 Å². The molecular weight excluding hydrogens is 589 g/mol. The van der Waals surface area contributed by atoms with Crippen LogP contribution in [0.2, 0.25) is 0 Å². The van der Waals surface area contributed by atoms with Crippen LogP contribution in [-0.4, -0.2) is 84.0 Å². The van der Waals surface area contributed by atoms with E-state index < -0.39 is 14.6 Å². The van der Waals surface area contributed by atoms with E-state index in [9.17, 15) is 24.5 Å². The van der Waals surface area contributed by atoms with Crippen LogP contribution in [0.4, 0.5) is 0 Å². The number of esters is 1. The molecule has 2 aliphatic rings. The van der Waals surface area contributed by atoms with Gasteiger partial charge in [0.25, 0.3) is 7.82 Å². The molecule has 1 saturated carbocycles. The van der Waals surface area contributed by atoms with Gasteiger partial charge in [-0.2, -0.15) is 0 Å². The van der Waals surface area contributed by atoms with Crippen molar-refractivity contribution in [2.24, 2.45) is 11.8 Å². The zero-order valence-electron chi connectivity index (χ0n) is 26.7. The van der Waals surface area contributed by atoms with Crippen LogP contribution >= 0.6 is 7.82 Å². The molecule has 0 spiro atoms. The average Bonchev–Trinajstić information content (AvgIpc) is 3.46. The second kappa shape index (κ2) is 18.0. The first kappa shape index (κ1) is 36.9. The van der Waals surface area contributed by atoms with Crippen LogP contribution in [0.25, 0.3) is 0 Å². The lowest BCUT2D eigenvalue weighted by atomic mass is 9.85. The number of ether oxygens (including phenoxy) is 3. The summed E-state index contributed by atoms with van der Waals surface area (Å²) in [6.07, 6.45) is 10.1. The highest BCUT2D eigenvalue weighted by Crippen LogP contribution is 2.46. The molecule has 1 heterocycles. The summed E-state index contributed by atoms with van der Waals surface area (Å²) in [6, 6.07) is 7.11. The number of hydrogen-bond acceptors (Lipinski definition) is 9. The molecule has 0 amide bonds. The van der Waals surface area contributed by atoms with Crippen molar-refractivity contribution < 1.29 is 52.6 Å². The molecule has 1 aliphatic heterocycles. The monoisotopic (exact) mass is 643 g/mol. The highest BCUT2D eigenvalue weighted by Gasteiger charge is 2.48. The van der Waals surface area contributed by atoms with Crippen LogP contribution < -0.4 is 9.63 Å². The first-order chi connectivity index (χ1) is 20.8. The maximum Gasteiger partial charge on any atom is 0.305 e. The molecule has 44 heavy (non-hydrogen) atoms. The van der Waals surface area contributed by atoms with E-state index in [0.717, 1.165) is 69.8 Å². The lowest BCUT2D eigenvalue weighted by Crippen LogP contribution is -2.41. The van der Waals surface area contributed by atoms with E-state index in [0.29, 0.717) is 48.7 Å². The maximum atomic E-state index is 12.3. The molecule has 1 aromatic carbocycles. The Morgan fingerprint density at radius 2 is 1.86 bits per heavy atom. The van der Waals surface area contributed by atoms with E-state index in [2.05, 4.69) is 25.5 Å². The van der Waals surface area contributed by atoms with Gasteiger partial charge in [-0.05, 0) is 74.6 Å². The van der Waals surface area contributed by atoms with E-state index in [1.807, 2.05) is 12.1 Å². The number of likely N-dealkylation sites (N-methyl/N-ethyl adjacent to an activating group) is 1. The van der Waals surface area contributed by atoms with Crippen molar-refractivity contribution in [1.29, 1.82) is 0 Å². The minimum absolute atomic E-state index is 0.114. The Bertz CT molecular complexity index is 1030.